The Morgan fingerprint density at radius 1 is 1.40 bits per heavy atom. The largest absolute Gasteiger partial charge is 0.353 e. The Balaban J connectivity index is 1.76. The maximum absolute atomic E-state index is 11.5. The second kappa shape index (κ2) is 4.67. The molecule has 2 fully saturated rings. The summed E-state index contributed by atoms with van der Waals surface area (Å²) in [5.74, 6) is 2.60. The molecule has 0 saturated carbocycles. The predicted molar refractivity (Wildman–Crippen MR) is 59.2 cm³/mol. The summed E-state index contributed by atoms with van der Waals surface area (Å²) in [4.78, 5) is 11.5. The van der Waals surface area contributed by atoms with E-state index < -0.39 is 0 Å². The van der Waals surface area contributed by atoms with Crippen LogP contribution in [0, 0.1) is 12.3 Å². The summed E-state index contributed by atoms with van der Waals surface area (Å²) in [7, 11) is 0. The first-order valence-electron chi connectivity index (χ1n) is 5.77. The lowest BCUT2D eigenvalue weighted by atomic mass is 9.99. The molecule has 2 aliphatic rings. The molecular formula is C12H18N2O. The third-order valence-corrected chi connectivity index (χ3v) is 3.33. The molecule has 2 N–H and O–H groups in total. The van der Waals surface area contributed by atoms with Crippen molar-refractivity contribution in [3.63, 3.8) is 0 Å². The first kappa shape index (κ1) is 10.5. The summed E-state index contributed by atoms with van der Waals surface area (Å²) in [5, 5.41) is 6.63. The maximum Gasteiger partial charge on any atom is 0.221 e. The summed E-state index contributed by atoms with van der Waals surface area (Å²) in [5.41, 5.74) is 0. The van der Waals surface area contributed by atoms with Crippen LogP contribution in [-0.4, -0.2) is 24.0 Å². The van der Waals surface area contributed by atoms with Gasteiger partial charge in [0.1, 0.15) is 0 Å². The van der Waals surface area contributed by atoms with E-state index in [1.54, 1.807) is 0 Å². The van der Waals surface area contributed by atoms with Crippen LogP contribution in [0.3, 0.4) is 0 Å². The minimum atomic E-state index is 0.110. The molecular weight excluding hydrogens is 188 g/mol. The number of carbonyl (C=O) groups is 1. The van der Waals surface area contributed by atoms with Crippen molar-refractivity contribution in [2.24, 2.45) is 0 Å². The number of hydrogen-bond acceptors (Lipinski definition) is 2. The molecule has 0 radical (unpaired) electrons. The van der Waals surface area contributed by atoms with Crippen LogP contribution in [0.2, 0.25) is 0 Å². The minimum absolute atomic E-state index is 0.110. The van der Waals surface area contributed by atoms with Gasteiger partial charge in [0.25, 0.3) is 0 Å². The van der Waals surface area contributed by atoms with E-state index in [0.717, 1.165) is 12.8 Å². The van der Waals surface area contributed by atoms with Crippen molar-refractivity contribution in [2.45, 2.75) is 56.7 Å². The van der Waals surface area contributed by atoms with Gasteiger partial charge in [-0.2, -0.15) is 0 Å². The van der Waals surface area contributed by atoms with Crippen LogP contribution < -0.4 is 10.6 Å². The highest BCUT2D eigenvalue weighted by Gasteiger charge is 2.33. The standard InChI is InChI=1S/C12H18N2O/c1-2-3-4-12(15)14-11-7-9-5-6-10(8-11)13-9/h1,9-11,13H,3-8H2,(H,14,15). The fraction of sp³-hybridized carbons (Fsp3) is 0.750. The average Bonchev–Trinajstić information content (AvgIpc) is 2.55. The predicted octanol–water partition coefficient (Wildman–Crippen LogP) is 0.799. The van der Waals surface area contributed by atoms with Crippen molar-refractivity contribution < 1.29 is 4.79 Å². The number of hydrogen-bond donors (Lipinski definition) is 2. The van der Waals surface area contributed by atoms with Crippen LogP contribution in [0.1, 0.15) is 38.5 Å². The van der Waals surface area contributed by atoms with Gasteiger partial charge in [-0.15, -0.1) is 12.3 Å². The van der Waals surface area contributed by atoms with Gasteiger partial charge in [0.15, 0.2) is 0 Å². The molecule has 0 aromatic carbocycles. The fourth-order valence-electron chi connectivity index (χ4n) is 2.66. The highest BCUT2D eigenvalue weighted by atomic mass is 16.1. The van der Waals surface area contributed by atoms with Gasteiger partial charge in [-0.25, -0.2) is 0 Å². The number of piperidine rings is 1. The van der Waals surface area contributed by atoms with Gasteiger partial charge in [-0.3, -0.25) is 4.79 Å². The highest BCUT2D eigenvalue weighted by molar-refractivity contribution is 5.76. The summed E-state index contributed by atoms with van der Waals surface area (Å²) in [6, 6.07) is 1.62. The van der Waals surface area contributed by atoms with Crippen molar-refractivity contribution in [3.8, 4) is 12.3 Å². The second-order valence-corrected chi connectivity index (χ2v) is 4.58. The van der Waals surface area contributed by atoms with Crippen molar-refractivity contribution in [1.29, 1.82) is 0 Å². The van der Waals surface area contributed by atoms with Gasteiger partial charge in [-0.05, 0) is 25.7 Å². The number of amides is 1. The van der Waals surface area contributed by atoms with Crippen molar-refractivity contribution in [3.05, 3.63) is 0 Å². The third-order valence-electron chi connectivity index (χ3n) is 3.33. The van der Waals surface area contributed by atoms with Crippen molar-refractivity contribution in [2.75, 3.05) is 0 Å². The maximum atomic E-state index is 11.5. The molecule has 2 heterocycles. The lowest BCUT2D eigenvalue weighted by Gasteiger charge is -2.29. The molecule has 82 valence electrons. The van der Waals surface area contributed by atoms with E-state index in [0.29, 0.717) is 31.0 Å². The number of terminal acetylenes is 1. The van der Waals surface area contributed by atoms with Gasteiger partial charge in [0.05, 0.1) is 0 Å². The molecule has 0 spiro atoms. The molecule has 3 heteroatoms. The topological polar surface area (TPSA) is 41.1 Å². The number of carbonyl (C=O) groups excluding carboxylic acids is 1. The Bertz CT molecular complexity index is 270. The summed E-state index contributed by atoms with van der Waals surface area (Å²) in [6.45, 7) is 0. The Morgan fingerprint density at radius 3 is 2.67 bits per heavy atom. The number of nitrogens with one attached hydrogen (secondary N) is 2. The van der Waals surface area contributed by atoms with E-state index in [1.807, 2.05) is 0 Å². The average molecular weight is 206 g/mol. The lowest BCUT2D eigenvalue weighted by molar-refractivity contribution is -0.121. The fourth-order valence-corrected chi connectivity index (χ4v) is 2.66. The Hall–Kier alpha value is -1.01. The van der Waals surface area contributed by atoms with Crippen LogP contribution >= 0.6 is 0 Å². The van der Waals surface area contributed by atoms with Crippen LogP contribution in [0.15, 0.2) is 0 Å². The highest BCUT2D eigenvalue weighted by Crippen LogP contribution is 2.26. The first-order valence-corrected chi connectivity index (χ1v) is 5.77. The molecule has 0 aliphatic carbocycles. The van der Waals surface area contributed by atoms with Gasteiger partial charge in [0, 0.05) is 31.0 Å². The summed E-state index contributed by atoms with van der Waals surface area (Å²) < 4.78 is 0. The zero-order valence-electron chi connectivity index (χ0n) is 8.96. The first-order chi connectivity index (χ1) is 7.28. The molecule has 3 nitrogen and oxygen atoms in total. The van der Waals surface area contributed by atoms with E-state index in [-0.39, 0.29) is 5.91 Å². The van der Waals surface area contributed by atoms with Crippen LogP contribution in [0.4, 0.5) is 0 Å². The zero-order valence-corrected chi connectivity index (χ0v) is 8.96. The van der Waals surface area contributed by atoms with E-state index in [2.05, 4.69) is 16.6 Å². The van der Waals surface area contributed by atoms with Crippen molar-refractivity contribution >= 4 is 5.91 Å². The molecule has 0 aromatic heterocycles. The zero-order chi connectivity index (χ0) is 10.7. The van der Waals surface area contributed by atoms with Gasteiger partial charge in [0.2, 0.25) is 5.91 Å². The van der Waals surface area contributed by atoms with Crippen LogP contribution in [0.25, 0.3) is 0 Å². The van der Waals surface area contributed by atoms with E-state index in [9.17, 15) is 4.79 Å². The van der Waals surface area contributed by atoms with Gasteiger partial charge in [-0.1, -0.05) is 0 Å². The quantitative estimate of drug-likeness (QED) is 0.671. The van der Waals surface area contributed by atoms with Gasteiger partial charge >= 0.3 is 0 Å². The van der Waals surface area contributed by atoms with E-state index in [1.165, 1.54) is 12.8 Å². The van der Waals surface area contributed by atoms with E-state index >= 15 is 0 Å². The molecule has 2 saturated heterocycles. The molecule has 2 unspecified atom stereocenters. The minimum Gasteiger partial charge on any atom is -0.353 e. The van der Waals surface area contributed by atoms with Crippen LogP contribution in [-0.2, 0) is 4.79 Å². The molecule has 2 bridgehead atoms. The molecule has 2 aliphatic heterocycles. The molecule has 15 heavy (non-hydrogen) atoms. The second-order valence-electron chi connectivity index (χ2n) is 4.58. The number of rotatable bonds is 3. The smallest absolute Gasteiger partial charge is 0.221 e. The Morgan fingerprint density at radius 2 is 2.07 bits per heavy atom. The Kier molecular flexibility index (Phi) is 3.27. The molecule has 2 atom stereocenters. The normalized spacial score (nSPS) is 33.4. The number of fused-ring (bicyclic) bond motifs is 2. The van der Waals surface area contributed by atoms with E-state index in [4.69, 9.17) is 6.42 Å². The van der Waals surface area contributed by atoms with Crippen molar-refractivity contribution in [1.82, 2.24) is 10.6 Å². The molecule has 0 aromatic rings. The summed E-state index contributed by atoms with van der Waals surface area (Å²) in [6.07, 6.45) is 10.8. The summed E-state index contributed by atoms with van der Waals surface area (Å²) >= 11 is 0. The lowest BCUT2D eigenvalue weighted by Crippen LogP contribution is -2.47. The van der Waals surface area contributed by atoms with Gasteiger partial charge < -0.3 is 10.6 Å². The van der Waals surface area contributed by atoms with Crippen LogP contribution in [0.5, 0.6) is 0 Å². The Labute approximate surface area is 91.0 Å². The molecule has 2 rings (SSSR count). The third kappa shape index (κ3) is 2.73. The monoisotopic (exact) mass is 206 g/mol. The SMILES string of the molecule is C#CCCC(=O)NC1CC2CCC(C1)N2. The molecule has 1 amide bonds.